The van der Waals surface area contributed by atoms with Crippen LogP contribution >= 0.6 is 0 Å². The Labute approximate surface area is 88.1 Å². The van der Waals surface area contributed by atoms with E-state index in [1.165, 1.54) is 0 Å². The fourth-order valence-corrected chi connectivity index (χ4v) is 1.59. The molecule has 0 saturated carbocycles. The monoisotopic (exact) mass is 205 g/mol. The number of hydrogen-bond donors (Lipinski definition) is 3. The smallest absolute Gasteiger partial charge is 0.113 e. The standard InChI is InChI=1S/C10H15N5/c1-6-7(2)13-15-9(6)10-8(3-4-11)5-12-14-10/h5H,3-4,11H2,1-2H3,(H,12,14)(H,13,15). The van der Waals surface area contributed by atoms with E-state index in [2.05, 4.69) is 20.4 Å². The maximum Gasteiger partial charge on any atom is 0.113 e. The van der Waals surface area contributed by atoms with Gasteiger partial charge in [-0.25, -0.2) is 0 Å². The first-order chi connectivity index (χ1) is 7.24. The average Bonchev–Trinajstić information content (AvgIpc) is 2.77. The molecule has 4 N–H and O–H groups in total. The molecule has 0 spiro atoms. The van der Waals surface area contributed by atoms with Crippen LogP contribution in [0.5, 0.6) is 0 Å². The van der Waals surface area contributed by atoms with Crippen molar-refractivity contribution in [1.29, 1.82) is 0 Å². The summed E-state index contributed by atoms with van der Waals surface area (Å²) in [7, 11) is 0. The minimum Gasteiger partial charge on any atom is -0.330 e. The third-order valence-electron chi connectivity index (χ3n) is 2.62. The van der Waals surface area contributed by atoms with Gasteiger partial charge in [0, 0.05) is 11.3 Å². The number of nitrogens with two attached hydrogens (primary N) is 1. The summed E-state index contributed by atoms with van der Waals surface area (Å²) in [5.74, 6) is 0. The Balaban J connectivity index is 2.44. The van der Waals surface area contributed by atoms with Gasteiger partial charge in [-0.3, -0.25) is 10.2 Å². The van der Waals surface area contributed by atoms with Gasteiger partial charge >= 0.3 is 0 Å². The molecule has 0 aromatic carbocycles. The molecule has 0 saturated heterocycles. The van der Waals surface area contributed by atoms with Crippen molar-refractivity contribution in [3.63, 3.8) is 0 Å². The molecular formula is C10H15N5. The molecule has 2 heterocycles. The summed E-state index contributed by atoms with van der Waals surface area (Å²) in [5, 5.41) is 14.2. The van der Waals surface area contributed by atoms with Crippen molar-refractivity contribution in [3.05, 3.63) is 23.0 Å². The van der Waals surface area contributed by atoms with Gasteiger partial charge in [0.1, 0.15) is 5.69 Å². The van der Waals surface area contributed by atoms with Crippen LogP contribution in [0.15, 0.2) is 6.20 Å². The van der Waals surface area contributed by atoms with Crippen molar-refractivity contribution in [2.45, 2.75) is 20.3 Å². The highest BCUT2D eigenvalue weighted by Crippen LogP contribution is 2.23. The predicted octanol–water partition coefficient (Wildman–Crippen LogP) is 0.918. The van der Waals surface area contributed by atoms with Gasteiger partial charge in [-0.1, -0.05) is 0 Å². The van der Waals surface area contributed by atoms with Crippen LogP contribution in [0.3, 0.4) is 0 Å². The van der Waals surface area contributed by atoms with Crippen molar-refractivity contribution in [1.82, 2.24) is 20.4 Å². The van der Waals surface area contributed by atoms with Gasteiger partial charge in [0.05, 0.1) is 11.9 Å². The van der Waals surface area contributed by atoms with Crippen molar-refractivity contribution in [2.24, 2.45) is 5.73 Å². The van der Waals surface area contributed by atoms with E-state index in [4.69, 9.17) is 5.73 Å². The second-order valence-electron chi connectivity index (χ2n) is 3.63. The second kappa shape index (κ2) is 3.86. The molecule has 2 rings (SSSR count). The Kier molecular flexibility index (Phi) is 2.55. The Morgan fingerprint density at radius 1 is 1.33 bits per heavy atom. The summed E-state index contributed by atoms with van der Waals surface area (Å²) in [4.78, 5) is 0. The van der Waals surface area contributed by atoms with Crippen molar-refractivity contribution >= 4 is 0 Å². The van der Waals surface area contributed by atoms with Gasteiger partial charge in [-0.15, -0.1) is 0 Å². The maximum absolute atomic E-state index is 5.54. The number of nitrogens with zero attached hydrogens (tertiary/aromatic N) is 2. The lowest BCUT2D eigenvalue weighted by molar-refractivity contribution is 0.968. The molecule has 0 unspecified atom stereocenters. The minimum absolute atomic E-state index is 0.620. The molecule has 5 heteroatoms. The number of aromatic nitrogens is 4. The minimum atomic E-state index is 0.620. The van der Waals surface area contributed by atoms with Crippen molar-refractivity contribution in [2.75, 3.05) is 6.54 Å². The Morgan fingerprint density at radius 3 is 2.73 bits per heavy atom. The van der Waals surface area contributed by atoms with E-state index in [-0.39, 0.29) is 0 Å². The molecule has 0 aliphatic carbocycles. The molecule has 0 aliphatic heterocycles. The Bertz CT molecular complexity index is 454. The van der Waals surface area contributed by atoms with Gasteiger partial charge in [-0.2, -0.15) is 10.2 Å². The highest BCUT2D eigenvalue weighted by Gasteiger charge is 2.13. The zero-order valence-electron chi connectivity index (χ0n) is 8.96. The van der Waals surface area contributed by atoms with Crippen LogP contribution in [0, 0.1) is 13.8 Å². The topological polar surface area (TPSA) is 83.4 Å². The third-order valence-corrected chi connectivity index (χ3v) is 2.62. The summed E-state index contributed by atoms with van der Waals surface area (Å²) in [6.45, 7) is 4.67. The fraction of sp³-hybridized carbons (Fsp3) is 0.400. The van der Waals surface area contributed by atoms with Crippen LogP contribution < -0.4 is 5.73 Å². The molecule has 0 amide bonds. The van der Waals surface area contributed by atoms with Crippen LogP contribution in [0.2, 0.25) is 0 Å². The van der Waals surface area contributed by atoms with E-state index >= 15 is 0 Å². The van der Waals surface area contributed by atoms with E-state index in [1.807, 2.05) is 20.0 Å². The summed E-state index contributed by atoms with van der Waals surface area (Å²) in [5.41, 5.74) is 10.8. The highest BCUT2D eigenvalue weighted by atomic mass is 15.2. The zero-order valence-corrected chi connectivity index (χ0v) is 8.96. The van der Waals surface area contributed by atoms with E-state index < -0.39 is 0 Å². The van der Waals surface area contributed by atoms with E-state index in [0.717, 1.165) is 34.6 Å². The number of rotatable bonds is 3. The molecule has 2 aromatic rings. The summed E-state index contributed by atoms with van der Waals surface area (Å²) in [6, 6.07) is 0. The van der Waals surface area contributed by atoms with E-state index in [9.17, 15) is 0 Å². The number of H-pyrrole nitrogens is 2. The molecule has 0 radical (unpaired) electrons. The Hall–Kier alpha value is -1.62. The summed E-state index contributed by atoms with van der Waals surface area (Å²) in [6.07, 6.45) is 2.63. The zero-order chi connectivity index (χ0) is 10.8. The number of nitrogens with one attached hydrogen (secondary N) is 2. The van der Waals surface area contributed by atoms with Gasteiger partial charge in [-0.05, 0) is 32.4 Å². The van der Waals surface area contributed by atoms with Gasteiger partial charge in [0.25, 0.3) is 0 Å². The summed E-state index contributed by atoms with van der Waals surface area (Å²) < 4.78 is 0. The van der Waals surface area contributed by atoms with Crippen LogP contribution in [0.1, 0.15) is 16.8 Å². The lowest BCUT2D eigenvalue weighted by Crippen LogP contribution is -2.03. The first-order valence-electron chi connectivity index (χ1n) is 4.98. The fourth-order valence-electron chi connectivity index (χ4n) is 1.59. The SMILES string of the molecule is Cc1[nH]nc(-c2[nH]ncc2CCN)c1C. The van der Waals surface area contributed by atoms with Gasteiger partial charge < -0.3 is 5.73 Å². The quantitative estimate of drug-likeness (QED) is 0.696. The molecular weight excluding hydrogens is 190 g/mol. The summed E-state index contributed by atoms with van der Waals surface area (Å²) >= 11 is 0. The Morgan fingerprint density at radius 2 is 2.13 bits per heavy atom. The lowest BCUT2D eigenvalue weighted by Gasteiger charge is -1.99. The van der Waals surface area contributed by atoms with Crippen molar-refractivity contribution < 1.29 is 0 Å². The lowest BCUT2D eigenvalue weighted by atomic mass is 10.1. The first kappa shape index (κ1) is 9.92. The third kappa shape index (κ3) is 1.66. The van der Waals surface area contributed by atoms with Crippen LogP contribution in [-0.4, -0.2) is 26.9 Å². The molecule has 0 aliphatic rings. The molecule has 2 aromatic heterocycles. The normalized spacial score (nSPS) is 10.9. The van der Waals surface area contributed by atoms with Gasteiger partial charge in [0.2, 0.25) is 0 Å². The molecule has 0 bridgehead atoms. The van der Waals surface area contributed by atoms with E-state index in [0.29, 0.717) is 6.54 Å². The molecule has 0 atom stereocenters. The maximum atomic E-state index is 5.54. The number of aryl methyl sites for hydroxylation is 1. The molecule has 80 valence electrons. The van der Waals surface area contributed by atoms with Crippen LogP contribution in [0.4, 0.5) is 0 Å². The van der Waals surface area contributed by atoms with Crippen LogP contribution in [0.25, 0.3) is 11.4 Å². The highest BCUT2D eigenvalue weighted by molar-refractivity contribution is 5.62. The number of hydrogen-bond acceptors (Lipinski definition) is 3. The predicted molar refractivity (Wildman–Crippen MR) is 58.4 cm³/mol. The number of aromatic amines is 2. The average molecular weight is 205 g/mol. The second-order valence-corrected chi connectivity index (χ2v) is 3.63. The molecule has 5 nitrogen and oxygen atoms in total. The molecule has 0 fully saturated rings. The van der Waals surface area contributed by atoms with E-state index in [1.54, 1.807) is 0 Å². The van der Waals surface area contributed by atoms with Crippen LogP contribution in [-0.2, 0) is 6.42 Å². The van der Waals surface area contributed by atoms with Crippen molar-refractivity contribution in [3.8, 4) is 11.4 Å². The molecule has 15 heavy (non-hydrogen) atoms. The largest absolute Gasteiger partial charge is 0.330 e. The first-order valence-corrected chi connectivity index (χ1v) is 4.98. The van der Waals surface area contributed by atoms with Gasteiger partial charge in [0.15, 0.2) is 0 Å².